The normalized spacial score (nSPS) is 10.9. The molecule has 1 N–H and O–H groups in total. The van der Waals surface area contributed by atoms with Gasteiger partial charge in [-0.2, -0.15) is 5.10 Å². The van der Waals surface area contributed by atoms with Gasteiger partial charge in [-0.15, -0.1) is 0 Å². The third-order valence-electron chi connectivity index (χ3n) is 4.56. The summed E-state index contributed by atoms with van der Waals surface area (Å²) in [5.74, 6) is 0.882. The zero-order valence-corrected chi connectivity index (χ0v) is 20.6. The summed E-state index contributed by atoms with van der Waals surface area (Å²) in [6.45, 7) is 3.97. The Bertz CT molecular complexity index is 1130. The number of amides is 1. The van der Waals surface area contributed by atoms with E-state index < -0.39 is 0 Å². The molecule has 0 aliphatic carbocycles. The smallest absolute Gasteiger partial charge is 0.277 e. The highest BCUT2D eigenvalue weighted by atomic mass is 79.9. The molecular formula is C24H21BrCl2N2O3. The van der Waals surface area contributed by atoms with Crippen molar-refractivity contribution in [1.82, 2.24) is 5.43 Å². The highest BCUT2D eigenvalue weighted by molar-refractivity contribution is 9.10. The first-order valence-electron chi connectivity index (χ1n) is 9.71. The van der Waals surface area contributed by atoms with Gasteiger partial charge in [0, 0.05) is 15.6 Å². The van der Waals surface area contributed by atoms with Crippen LogP contribution in [-0.4, -0.2) is 18.7 Å². The summed E-state index contributed by atoms with van der Waals surface area (Å²) in [6.07, 6.45) is 1.54. The zero-order valence-electron chi connectivity index (χ0n) is 17.5. The summed E-state index contributed by atoms with van der Waals surface area (Å²) in [7, 11) is 0. The van der Waals surface area contributed by atoms with E-state index in [2.05, 4.69) is 26.5 Å². The molecule has 3 aromatic rings. The lowest BCUT2D eigenvalue weighted by molar-refractivity contribution is -0.123. The average molecular weight is 536 g/mol. The zero-order chi connectivity index (χ0) is 23.1. The van der Waals surface area contributed by atoms with Gasteiger partial charge in [0.2, 0.25) is 0 Å². The lowest BCUT2D eigenvalue weighted by Gasteiger charge is -2.12. The molecule has 1 amide bonds. The van der Waals surface area contributed by atoms with Gasteiger partial charge in [0.25, 0.3) is 5.91 Å². The van der Waals surface area contributed by atoms with Crippen LogP contribution in [0.15, 0.2) is 64.2 Å². The molecule has 3 rings (SSSR count). The fourth-order valence-corrected chi connectivity index (χ4v) is 3.67. The lowest BCUT2D eigenvalue weighted by atomic mass is 10.1. The molecule has 32 heavy (non-hydrogen) atoms. The van der Waals surface area contributed by atoms with Gasteiger partial charge in [0.15, 0.2) is 6.61 Å². The van der Waals surface area contributed by atoms with Crippen molar-refractivity contribution in [3.8, 4) is 11.5 Å². The highest BCUT2D eigenvalue weighted by Crippen LogP contribution is 2.35. The van der Waals surface area contributed by atoms with Crippen LogP contribution in [-0.2, 0) is 11.4 Å². The molecule has 0 fully saturated rings. The van der Waals surface area contributed by atoms with Gasteiger partial charge in [0.05, 0.1) is 10.7 Å². The molecule has 0 radical (unpaired) electrons. The number of aryl methyl sites for hydroxylation is 1. The second kappa shape index (κ2) is 11.4. The van der Waals surface area contributed by atoms with E-state index in [0.717, 1.165) is 26.7 Å². The van der Waals surface area contributed by atoms with Crippen LogP contribution in [0.4, 0.5) is 0 Å². The Kier molecular flexibility index (Phi) is 8.56. The molecule has 0 aromatic heterocycles. The minimum atomic E-state index is -0.377. The van der Waals surface area contributed by atoms with Gasteiger partial charge in [-0.25, -0.2) is 5.43 Å². The quantitative estimate of drug-likeness (QED) is 0.265. The van der Waals surface area contributed by atoms with E-state index in [4.69, 9.17) is 32.7 Å². The number of carbonyl (C=O) groups excluding carboxylic acids is 1. The fourth-order valence-electron chi connectivity index (χ4n) is 2.79. The molecule has 5 nitrogen and oxygen atoms in total. The largest absolute Gasteiger partial charge is 0.489 e. The molecule has 0 heterocycles. The Labute approximate surface area is 205 Å². The number of halogens is 3. The maximum atomic E-state index is 12.0. The van der Waals surface area contributed by atoms with Crippen LogP contribution in [0, 0.1) is 13.8 Å². The molecule has 0 saturated carbocycles. The van der Waals surface area contributed by atoms with Crippen molar-refractivity contribution in [3.05, 3.63) is 91.4 Å². The Morgan fingerprint density at radius 2 is 1.81 bits per heavy atom. The Hall–Kier alpha value is -2.54. The van der Waals surface area contributed by atoms with Crippen LogP contribution >= 0.6 is 39.1 Å². The second-order valence-electron chi connectivity index (χ2n) is 6.98. The molecule has 0 bridgehead atoms. The van der Waals surface area contributed by atoms with Crippen molar-refractivity contribution in [2.24, 2.45) is 5.10 Å². The van der Waals surface area contributed by atoms with E-state index >= 15 is 0 Å². The van der Waals surface area contributed by atoms with Gasteiger partial charge in [-0.3, -0.25) is 4.79 Å². The predicted octanol–water partition coefficient (Wildman–Crippen LogP) is 6.48. The number of ether oxygens (including phenoxy) is 2. The maximum absolute atomic E-state index is 12.0. The van der Waals surface area contributed by atoms with Gasteiger partial charge in [-0.05, 0) is 82.9 Å². The van der Waals surface area contributed by atoms with Crippen LogP contribution in [0.5, 0.6) is 11.5 Å². The van der Waals surface area contributed by atoms with Crippen LogP contribution in [0.1, 0.15) is 22.3 Å². The maximum Gasteiger partial charge on any atom is 0.277 e. The molecule has 8 heteroatoms. The molecule has 0 aliphatic rings. The third-order valence-corrected chi connectivity index (χ3v) is 6.50. The first kappa shape index (κ1) is 24.1. The van der Waals surface area contributed by atoms with Crippen molar-refractivity contribution < 1.29 is 14.3 Å². The van der Waals surface area contributed by atoms with Crippen molar-refractivity contribution in [2.45, 2.75) is 20.5 Å². The van der Waals surface area contributed by atoms with Crippen molar-refractivity contribution in [3.63, 3.8) is 0 Å². The molecule has 0 saturated heterocycles. The van der Waals surface area contributed by atoms with Gasteiger partial charge in [0.1, 0.15) is 18.1 Å². The Morgan fingerprint density at radius 3 is 2.53 bits per heavy atom. The lowest BCUT2D eigenvalue weighted by Crippen LogP contribution is -2.24. The first-order chi connectivity index (χ1) is 15.3. The summed E-state index contributed by atoms with van der Waals surface area (Å²) in [6, 6.07) is 16.7. The second-order valence-corrected chi connectivity index (χ2v) is 8.55. The number of hydrogen-bond acceptors (Lipinski definition) is 4. The number of hydrogen-bond donors (Lipinski definition) is 1. The van der Waals surface area contributed by atoms with Crippen molar-refractivity contribution >= 4 is 51.3 Å². The molecular weight excluding hydrogens is 515 g/mol. The summed E-state index contributed by atoms with van der Waals surface area (Å²) < 4.78 is 12.1. The summed E-state index contributed by atoms with van der Waals surface area (Å²) in [5.41, 5.74) is 5.91. The Morgan fingerprint density at radius 1 is 1.09 bits per heavy atom. The number of rotatable bonds is 8. The molecule has 3 aromatic carbocycles. The van der Waals surface area contributed by atoms with E-state index in [1.165, 1.54) is 0 Å². The minimum Gasteiger partial charge on any atom is -0.489 e. The number of nitrogens with zero attached hydrogens (tertiary/aromatic N) is 1. The third kappa shape index (κ3) is 6.48. The van der Waals surface area contributed by atoms with Crippen molar-refractivity contribution in [2.75, 3.05) is 6.61 Å². The highest BCUT2D eigenvalue weighted by Gasteiger charge is 2.12. The van der Waals surface area contributed by atoms with Gasteiger partial charge in [-0.1, -0.05) is 41.4 Å². The van der Waals surface area contributed by atoms with E-state index in [0.29, 0.717) is 28.2 Å². The SMILES string of the molecule is Cc1cc(OCC(=O)N/N=C/c2ccc(OCc3ccccc3Cl)cc2)c(Br)c(C)c1Cl. The van der Waals surface area contributed by atoms with Crippen LogP contribution < -0.4 is 14.9 Å². The van der Waals surface area contributed by atoms with Crippen LogP contribution in [0.3, 0.4) is 0 Å². The molecule has 166 valence electrons. The predicted molar refractivity (Wildman–Crippen MR) is 132 cm³/mol. The standard InChI is InChI=1S/C24H21BrCl2N2O3/c1-15-11-21(23(25)16(2)24(15)27)32-14-22(30)29-28-12-17-7-9-19(10-8-17)31-13-18-5-3-4-6-20(18)26/h3-12H,13-14H2,1-2H3,(H,29,30)/b28-12+. The topological polar surface area (TPSA) is 59.9 Å². The number of benzene rings is 3. The van der Waals surface area contributed by atoms with E-state index in [1.54, 1.807) is 12.3 Å². The average Bonchev–Trinajstić information content (AvgIpc) is 2.79. The van der Waals surface area contributed by atoms with E-state index in [9.17, 15) is 4.79 Å². The molecule has 0 aliphatic heterocycles. The summed E-state index contributed by atoms with van der Waals surface area (Å²) in [4.78, 5) is 12.0. The summed E-state index contributed by atoms with van der Waals surface area (Å²) >= 11 is 15.8. The Balaban J connectivity index is 1.47. The molecule has 0 unspecified atom stereocenters. The number of nitrogens with one attached hydrogen (secondary N) is 1. The first-order valence-corrected chi connectivity index (χ1v) is 11.3. The van der Waals surface area contributed by atoms with Crippen molar-refractivity contribution in [1.29, 1.82) is 0 Å². The fraction of sp³-hybridized carbons (Fsp3) is 0.167. The van der Waals surface area contributed by atoms with Crippen LogP contribution in [0.25, 0.3) is 0 Å². The van der Waals surface area contributed by atoms with E-state index in [-0.39, 0.29) is 12.5 Å². The molecule has 0 spiro atoms. The molecule has 0 atom stereocenters. The van der Waals surface area contributed by atoms with Gasteiger partial charge >= 0.3 is 0 Å². The van der Waals surface area contributed by atoms with Gasteiger partial charge < -0.3 is 9.47 Å². The number of carbonyl (C=O) groups is 1. The summed E-state index contributed by atoms with van der Waals surface area (Å²) in [5, 5.41) is 5.30. The minimum absolute atomic E-state index is 0.175. The van der Waals surface area contributed by atoms with Crippen LogP contribution in [0.2, 0.25) is 10.0 Å². The number of hydrazone groups is 1. The monoisotopic (exact) mass is 534 g/mol. The van der Waals surface area contributed by atoms with E-state index in [1.807, 2.05) is 62.4 Å².